The third kappa shape index (κ3) is 3.64. The van der Waals surface area contributed by atoms with Crippen molar-refractivity contribution >= 4 is 11.8 Å². The van der Waals surface area contributed by atoms with E-state index in [0.29, 0.717) is 11.0 Å². The second kappa shape index (κ2) is 6.30. The Kier molecular flexibility index (Phi) is 4.71. The van der Waals surface area contributed by atoms with E-state index >= 15 is 0 Å². The highest BCUT2D eigenvalue weighted by Gasteiger charge is 2.23. The van der Waals surface area contributed by atoms with E-state index in [1.165, 1.54) is 25.7 Å². The molecule has 19 heavy (non-hydrogen) atoms. The van der Waals surface area contributed by atoms with Crippen LogP contribution in [0.3, 0.4) is 0 Å². The van der Waals surface area contributed by atoms with Gasteiger partial charge in [-0.25, -0.2) is 0 Å². The molecular formula is C14H26N5+. The molecule has 0 bridgehead atoms. The summed E-state index contributed by atoms with van der Waals surface area (Å²) in [5.74, 6) is 1.92. The molecule has 1 aliphatic rings. The van der Waals surface area contributed by atoms with E-state index in [0.717, 1.165) is 31.4 Å². The van der Waals surface area contributed by atoms with E-state index in [1.807, 2.05) is 12.3 Å². The number of aromatic nitrogens is 2. The molecule has 0 aromatic carbocycles. The Hall–Kier alpha value is -1.20. The molecule has 1 fully saturated rings. The van der Waals surface area contributed by atoms with E-state index in [2.05, 4.69) is 24.0 Å². The highest BCUT2D eigenvalue weighted by molar-refractivity contribution is 5.42. The van der Waals surface area contributed by atoms with Gasteiger partial charge < -0.3 is 10.6 Å². The number of rotatable bonds is 4. The molecule has 106 valence electrons. The summed E-state index contributed by atoms with van der Waals surface area (Å²) >= 11 is 0. The van der Waals surface area contributed by atoms with Crippen LogP contribution in [-0.4, -0.2) is 50.2 Å². The molecule has 1 aliphatic heterocycles. The smallest absolute Gasteiger partial charge is 0.330 e. The molecule has 0 atom stereocenters. The minimum Gasteiger partial charge on any atom is -0.356 e. The Morgan fingerprint density at radius 2 is 1.89 bits per heavy atom. The molecule has 0 unspecified atom stereocenters. The number of likely N-dealkylation sites (N-methyl/N-ethyl adjacent to an activating group) is 1. The van der Waals surface area contributed by atoms with Gasteiger partial charge in [0.05, 0.1) is 20.6 Å². The van der Waals surface area contributed by atoms with Gasteiger partial charge in [0.2, 0.25) is 0 Å². The van der Waals surface area contributed by atoms with Crippen LogP contribution in [0.25, 0.3) is 0 Å². The summed E-state index contributed by atoms with van der Waals surface area (Å²) in [6.45, 7) is 3.72. The van der Waals surface area contributed by atoms with Gasteiger partial charge in [0.15, 0.2) is 0 Å². The number of anilines is 1. The average molecular weight is 264 g/mol. The Balaban J connectivity index is 2.18. The molecule has 5 heteroatoms. The van der Waals surface area contributed by atoms with Crippen molar-refractivity contribution < 1.29 is 0 Å². The summed E-state index contributed by atoms with van der Waals surface area (Å²) in [4.78, 5) is 11.6. The number of nitrogens with zero attached hydrogens (tertiary/aromatic N) is 4. The van der Waals surface area contributed by atoms with Crippen molar-refractivity contribution in [3.63, 3.8) is 0 Å². The molecule has 2 rings (SSSR count). The molecule has 0 radical (unpaired) electrons. The topological polar surface area (TPSA) is 55.0 Å². The first-order valence-electron chi connectivity index (χ1n) is 7.25. The molecule has 5 nitrogen and oxygen atoms in total. The fourth-order valence-electron chi connectivity index (χ4n) is 2.53. The van der Waals surface area contributed by atoms with Gasteiger partial charge in [-0.3, -0.25) is 4.48 Å². The molecular weight excluding hydrogens is 238 g/mol. The van der Waals surface area contributed by atoms with Crippen LogP contribution in [-0.2, 0) is 0 Å². The van der Waals surface area contributed by atoms with Gasteiger partial charge in [0.25, 0.3) is 0 Å². The van der Waals surface area contributed by atoms with Gasteiger partial charge in [0, 0.05) is 25.8 Å². The van der Waals surface area contributed by atoms with Crippen molar-refractivity contribution in [3.05, 3.63) is 12.3 Å². The van der Waals surface area contributed by atoms with Crippen molar-refractivity contribution in [1.82, 2.24) is 14.5 Å². The lowest BCUT2D eigenvalue weighted by atomic mass is 10.2. The highest BCUT2D eigenvalue weighted by Crippen LogP contribution is 2.20. The summed E-state index contributed by atoms with van der Waals surface area (Å²) in [5.41, 5.74) is 5.67. The van der Waals surface area contributed by atoms with Crippen LogP contribution in [0, 0.1) is 0 Å². The molecule has 0 amide bonds. The Labute approximate surface area is 116 Å². The number of hydrogen-bond acceptors (Lipinski definition) is 4. The normalized spacial score (nSPS) is 17.3. The first kappa shape index (κ1) is 14.2. The van der Waals surface area contributed by atoms with Gasteiger partial charge in [-0.2, -0.15) is 9.97 Å². The van der Waals surface area contributed by atoms with E-state index in [-0.39, 0.29) is 0 Å². The van der Waals surface area contributed by atoms with Crippen molar-refractivity contribution in [2.24, 2.45) is 5.73 Å². The maximum Gasteiger partial charge on any atom is 0.330 e. The van der Waals surface area contributed by atoms with Gasteiger partial charge in [-0.05, 0) is 18.9 Å². The maximum absolute atomic E-state index is 5.67. The fraction of sp³-hybridized carbons (Fsp3) is 0.714. The molecule has 2 heterocycles. The second-order valence-corrected chi connectivity index (χ2v) is 5.81. The first-order valence-corrected chi connectivity index (χ1v) is 7.25. The van der Waals surface area contributed by atoms with E-state index in [9.17, 15) is 0 Å². The number of hydrogen-bond donors (Lipinski definition) is 1. The first-order chi connectivity index (χ1) is 9.13. The predicted molar refractivity (Wildman–Crippen MR) is 80.3 cm³/mol. The quantitative estimate of drug-likeness (QED) is 0.835. The molecule has 0 aliphatic carbocycles. The lowest BCUT2D eigenvalue weighted by molar-refractivity contribution is 0.387. The molecule has 1 saturated heterocycles. The van der Waals surface area contributed by atoms with Gasteiger partial charge in [-0.15, -0.1) is 0 Å². The Bertz CT molecular complexity index is 397. The Morgan fingerprint density at radius 1 is 1.21 bits per heavy atom. The maximum atomic E-state index is 5.67. The standard InChI is InChI=1S/C14H26N5/c1-19(2,12-8-15)14-16-9-7-13(17-14)18-10-5-3-4-6-11-18/h7,9H,3-6,8,10-12,15H2,1-2H3/q+1. The van der Waals surface area contributed by atoms with Crippen molar-refractivity contribution in [2.45, 2.75) is 25.7 Å². The van der Waals surface area contributed by atoms with Crippen molar-refractivity contribution in [2.75, 3.05) is 45.2 Å². The SMILES string of the molecule is C[N+](C)(CCN)c1nccc(N2CCCCCC2)n1. The summed E-state index contributed by atoms with van der Waals surface area (Å²) in [7, 11) is 4.21. The molecule has 1 aromatic rings. The van der Waals surface area contributed by atoms with Crippen LogP contribution in [0.4, 0.5) is 11.8 Å². The van der Waals surface area contributed by atoms with Crippen LogP contribution in [0.15, 0.2) is 12.3 Å². The zero-order chi connectivity index (χ0) is 13.7. The third-order valence-electron chi connectivity index (χ3n) is 3.79. The fourth-order valence-corrected chi connectivity index (χ4v) is 2.53. The van der Waals surface area contributed by atoms with Crippen LogP contribution >= 0.6 is 0 Å². The second-order valence-electron chi connectivity index (χ2n) is 5.81. The van der Waals surface area contributed by atoms with Crippen LogP contribution in [0.2, 0.25) is 0 Å². The largest absolute Gasteiger partial charge is 0.356 e. The predicted octanol–water partition coefficient (Wildman–Crippen LogP) is 1.38. The van der Waals surface area contributed by atoms with Gasteiger partial charge in [-0.1, -0.05) is 12.8 Å². The summed E-state index contributed by atoms with van der Waals surface area (Å²) in [5, 5.41) is 0. The highest BCUT2D eigenvalue weighted by atomic mass is 15.4. The third-order valence-corrected chi connectivity index (χ3v) is 3.79. The monoisotopic (exact) mass is 264 g/mol. The molecule has 0 saturated carbocycles. The van der Waals surface area contributed by atoms with E-state index in [1.54, 1.807) is 0 Å². The lowest BCUT2D eigenvalue weighted by Gasteiger charge is -2.27. The lowest BCUT2D eigenvalue weighted by Crippen LogP contribution is -2.45. The zero-order valence-electron chi connectivity index (χ0n) is 12.2. The summed E-state index contributed by atoms with van der Waals surface area (Å²) in [6.07, 6.45) is 7.08. The van der Waals surface area contributed by atoms with E-state index < -0.39 is 0 Å². The number of nitrogens with two attached hydrogens (primary N) is 1. The van der Waals surface area contributed by atoms with Crippen LogP contribution in [0.1, 0.15) is 25.7 Å². The minimum absolute atomic E-state index is 0.637. The number of quaternary nitrogens is 1. The van der Waals surface area contributed by atoms with Gasteiger partial charge in [0.1, 0.15) is 5.82 Å². The van der Waals surface area contributed by atoms with E-state index in [4.69, 9.17) is 10.7 Å². The molecule has 0 spiro atoms. The minimum atomic E-state index is 0.637. The molecule has 2 N–H and O–H groups in total. The zero-order valence-corrected chi connectivity index (χ0v) is 12.2. The Morgan fingerprint density at radius 3 is 2.53 bits per heavy atom. The average Bonchev–Trinajstić information content (AvgIpc) is 2.68. The van der Waals surface area contributed by atoms with Crippen molar-refractivity contribution in [1.29, 1.82) is 0 Å². The van der Waals surface area contributed by atoms with Gasteiger partial charge >= 0.3 is 5.95 Å². The van der Waals surface area contributed by atoms with Crippen molar-refractivity contribution in [3.8, 4) is 0 Å². The van der Waals surface area contributed by atoms with Crippen LogP contribution in [0.5, 0.6) is 0 Å². The van der Waals surface area contributed by atoms with Crippen LogP contribution < -0.4 is 15.1 Å². The molecule has 1 aromatic heterocycles. The summed E-state index contributed by atoms with van der Waals surface area (Å²) in [6, 6.07) is 2.03. The summed E-state index contributed by atoms with van der Waals surface area (Å²) < 4.78 is 0.637.